The van der Waals surface area contributed by atoms with Gasteiger partial charge in [0.2, 0.25) is 0 Å². The van der Waals surface area contributed by atoms with E-state index in [2.05, 4.69) is 45.2 Å². The van der Waals surface area contributed by atoms with Gasteiger partial charge in [0.25, 0.3) is 0 Å². The Labute approximate surface area is 78.8 Å². The van der Waals surface area contributed by atoms with Crippen LogP contribution >= 0.6 is 25.3 Å². The first-order valence-corrected chi connectivity index (χ1v) is 4.52. The summed E-state index contributed by atoms with van der Waals surface area (Å²) >= 11 is 8.58. The lowest BCUT2D eigenvalue weighted by molar-refractivity contribution is 0.840. The standard InChI is InChI=1S/C9H12S2/c1-6(2)8-4-3-7(10)5-9(8)11/h3-6,10-11H,1-2H3. The topological polar surface area (TPSA) is 0 Å². The van der Waals surface area contributed by atoms with Gasteiger partial charge in [-0.2, -0.15) is 0 Å². The van der Waals surface area contributed by atoms with Crippen LogP contribution < -0.4 is 0 Å². The summed E-state index contributed by atoms with van der Waals surface area (Å²) in [6.45, 7) is 4.32. The first-order valence-electron chi connectivity index (χ1n) is 3.63. The highest BCUT2D eigenvalue weighted by atomic mass is 32.1. The number of hydrogen-bond donors (Lipinski definition) is 2. The Balaban J connectivity index is 3.09. The third-order valence-electron chi connectivity index (χ3n) is 1.64. The van der Waals surface area contributed by atoms with Gasteiger partial charge in [-0.05, 0) is 23.6 Å². The normalized spacial score (nSPS) is 10.6. The average molecular weight is 184 g/mol. The van der Waals surface area contributed by atoms with Crippen LogP contribution in [0.5, 0.6) is 0 Å². The van der Waals surface area contributed by atoms with E-state index in [1.54, 1.807) is 0 Å². The molecule has 11 heavy (non-hydrogen) atoms. The Morgan fingerprint density at radius 1 is 1.18 bits per heavy atom. The molecule has 0 saturated carbocycles. The fraction of sp³-hybridized carbons (Fsp3) is 0.333. The van der Waals surface area contributed by atoms with E-state index in [9.17, 15) is 0 Å². The van der Waals surface area contributed by atoms with Gasteiger partial charge in [0.05, 0.1) is 0 Å². The number of benzene rings is 1. The lowest BCUT2D eigenvalue weighted by Crippen LogP contribution is -1.88. The number of rotatable bonds is 1. The van der Waals surface area contributed by atoms with E-state index >= 15 is 0 Å². The Hall–Kier alpha value is -0.0800. The van der Waals surface area contributed by atoms with Gasteiger partial charge in [-0.25, -0.2) is 0 Å². The average Bonchev–Trinajstić information content (AvgIpc) is 1.85. The molecule has 2 heteroatoms. The van der Waals surface area contributed by atoms with E-state index in [0.29, 0.717) is 5.92 Å². The monoisotopic (exact) mass is 184 g/mol. The molecule has 0 atom stereocenters. The third-order valence-corrected chi connectivity index (χ3v) is 2.30. The Morgan fingerprint density at radius 3 is 2.27 bits per heavy atom. The van der Waals surface area contributed by atoms with Gasteiger partial charge in [0.1, 0.15) is 0 Å². The van der Waals surface area contributed by atoms with Crippen LogP contribution in [0.2, 0.25) is 0 Å². The summed E-state index contributed by atoms with van der Waals surface area (Å²) in [4.78, 5) is 2.01. The summed E-state index contributed by atoms with van der Waals surface area (Å²) in [5.74, 6) is 0.538. The maximum atomic E-state index is 4.36. The van der Waals surface area contributed by atoms with Crippen molar-refractivity contribution < 1.29 is 0 Å². The van der Waals surface area contributed by atoms with Gasteiger partial charge >= 0.3 is 0 Å². The molecule has 0 N–H and O–H groups in total. The Bertz CT molecular complexity index is 254. The zero-order valence-electron chi connectivity index (χ0n) is 6.70. The van der Waals surface area contributed by atoms with Crippen molar-refractivity contribution in [2.45, 2.75) is 29.6 Å². The van der Waals surface area contributed by atoms with E-state index in [1.165, 1.54) is 5.56 Å². The predicted octanol–water partition coefficient (Wildman–Crippen LogP) is 3.39. The number of hydrogen-bond acceptors (Lipinski definition) is 2. The van der Waals surface area contributed by atoms with Crippen LogP contribution in [0.25, 0.3) is 0 Å². The van der Waals surface area contributed by atoms with Crippen molar-refractivity contribution in [3.63, 3.8) is 0 Å². The van der Waals surface area contributed by atoms with E-state index < -0.39 is 0 Å². The molecule has 0 fully saturated rings. The predicted molar refractivity (Wildman–Crippen MR) is 55.0 cm³/mol. The minimum atomic E-state index is 0.538. The summed E-state index contributed by atoms with van der Waals surface area (Å²) in [7, 11) is 0. The van der Waals surface area contributed by atoms with Crippen LogP contribution in [0.15, 0.2) is 28.0 Å². The lowest BCUT2D eigenvalue weighted by atomic mass is 10.0. The Kier molecular flexibility index (Phi) is 2.90. The molecule has 0 bridgehead atoms. The van der Waals surface area contributed by atoms with Crippen LogP contribution in [0, 0.1) is 0 Å². The van der Waals surface area contributed by atoms with Crippen molar-refractivity contribution in [2.75, 3.05) is 0 Å². The Morgan fingerprint density at radius 2 is 1.82 bits per heavy atom. The fourth-order valence-electron chi connectivity index (χ4n) is 1.02. The molecule has 0 aliphatic heterocycles. The van der Waals surface area contributed by atoms with E-state index in [1.807, 2.05) is 12.1 Å². The highest BCUT2D eigenvalue weighted by Gasteiger charge is 2.02. The first-order chi connectivity index (χ1) is 5.11. The molecule has 0 unspecified atom stereocenters. The second kappa shape index (κ2) is 3.55. The van der Waals surface area contributed by atoms with Crippen molar-refractivity contribution >= 4 is 25.3 Å². The molecule has 0 aliphatic rings. The van der Waals surface area contributed by atoms with Crippen LogP contribution in [-0.2, 0) is 0 Å². The largest absolute Gasteiger partial charge is 0.143 e. The second-order valence-corrected chi connectivity index (χ2v) is 3.90. The molecule has 0 radical (unpaired) electrons. The van der Waals surface area contributed by atoms with Crippen LogP contribution in [-0.4, -0.2) is 0 Å². The minimum Gasteiger partial charge on any atom is -0.143 e. The van der Waals surface area contributed by atoms with E-state index in [4.69, 9.17) is 0 Å². The quantitative estimate of drug-likeness (QED) is 0.614. The molecular formula is C9H12S2. The summed E-state index contributed by atoms with van der Waals surface area (Å²) < 4.78 is 0. The molecule has 0 aliphatic carbocycles. The SMILES string of the molecule is CC(C)c1ccc(S)cc1S. The third kappa shape index (κ3) is 2.17. The molecule has 0 aromatic heterocycles. The van der Waals surface area contributed by atoms with Crippen molar-refractivity contribution in [3.8, 4) is 0 Å². The van der Waals surface area contributed by atoms with Crippen molar-refractivity contribution in [1.29, 1.82) is 0 Å². The maximum absolute atomic E-state index is 4.36. The zero-order valence-corrected chi connectivity index (χ0v) is 8.49. The van der Waals surface area contributed by atoms with Gasteiger partial charge in [0.15, 0.2) is 0 Å². The fourth-order valence-corrected chi connectivity index (χ4v) is 1.80. The molecule has 0 heterocycles. The molecular weight excluding hydrogens is 172 g/mol. The second-order valence-electron chi connectivity index (χ2n) is 2.90. The minimum absolute atomic E-state index is 0.538. The van der Waals surface area contributed by atoms with Crippen LogP contribution in [0.4, 0.5) is 0 Å². The van der Waals surface area contributed by atoms with Crippen molar-refractivity contribution in [1.82, 2.24) is 0 Å². The summed E-state index contributed by atoms with van der Waals surface area (Å²) in [6.07, 6.45) is 0. The summed E-state index contributed by atoms with van der Waals surface area (Å²) in [5.41, 5.74) is 1.28. The van der Waals surface area contributed by atoms with Gasteiger partial charge in [-0.3, -0.25) is 0 Å². The highest BCUT2D eigenvalue weighted by Crippen LogP contribution is 2.24. The van der Waals surface area contributed by atoms with Crippen LogP contribution in [0.3, 0.4) is 0 Å². The van der Waals surface area contributed by atoms with E-state index in [-0.39, 0.29) is 0 Å². The smallest absolute Gasteiger partial charge is 0.00857 e. The lowest BCUT2D eigenvalue weighted by Gasteiger charge is -2.08. The summed E-state index contributed by atoms with van der Waals surface area (Å²) in [5, 5.41) is 0. The molecule has 1 aromatic carbocycles. The van der Waals surface area contributed by atoms with Crippen LogP contribution in [0.1, 0.15) is 25.3 Å². The van der Waals surface area contributed by atoms with Gasteiger partial charge in [-0.1, -0.05) is 19.9 Å². The molecule has 1 aromatic rings. The molecule has 0 amide bonds. The van der Waals surface area contributed by atoms with Gasteiger partial charge < -0.3 is 0 Å². The molecule has 0 spiro atoms. The maximum Gasteiger partial charge on any atom is 0.00857 e. The molecule has 0 saturated heterocycles. The van der Waals surface area contributed by atoms with E-state index in [0.717, 1.165) is 9.79 Å². The van der Waals surface area contributed by atoms with Gasteiger partial charge in [-0.15, -0.1) is 25.3 Å². The molecule has 60 valence electrons. The van der Waals surface area contributed by atoms with Crippen molar-refractivity contribution in [3.05, 3.63) is 23.8 Å². The van der Waals surface area contributed by atoms with Crippen molar-refractivity contribution in [2.24, 2.45) is 0 Å². The van der Waals surface area contributed by atoms with Gasteiger partial charge in [0, 0.05) is 9.79 Å². The highest BCUT2D eigenvalue weighted by molar-refractivity contribution is 7.81. The number of thiol groups is 2. The molecule has 1 rings (SSSR count). The first kappa shape index (κ1) is 9.01. The summed E-state index contributed by atoms with van der Waals surface area (Å²) in [6, 6.07) is 6.05. The zero-order chi connectivity index (χ0) is 8.43. The molecule has 0 nitrogen and oxygen atoms in total.